The second kappa shape index (κ2) is 6.53. The molecule has 0 saturated heterocycles. The van der Waals surface area contributed by atoms with Crippen LogP contribution in [-0.2, 0) is 13.0 Å². The first kappa shape index (κ1) is 14.5. The molecule has 0 amide bonds. The highest BCUT2D eigenvalue weighted by Crippen LogP contribution is 2.33. The van der Waals surface area contributed by atoms with Crippen molar-refractivity contribution in [3.63, 3.8) is 0 Å². The lowest BCUT2D eigenvalue weighted by molar-refractivity contribution is 0.679. The van der Waals surface area contributed by atoms with Gasteiger partial charge in [0, 0.05) is 16.1 Å². The molecule has 1 aromatic heterocycles. The maximum Gasteiger partial charge on any atom is 0.0349 e. The molecule has 1 N–H and O–H groups in total. The fourth-order valence-electron chi connectivity index (χ4n) is 2.49. The van der Waals surface area contributed by atoms with Crippen LogP contribution in [0.15, 0.2) is 18.2 Å². The second-order valence-electron chi connectivity index (χ2n) is 5.44. The lowest BCUT2D eigenvalue weighted by Gasteiger charge is -2.06. The molecule has 0 aliphatic heterocycles. The third-order valence-electron chi connectivity index (χ3n) is 3.63. The summed E-state index contributed by atoms with van der Waals surface area (Å²) in [5, 5.41) is 5.01. The molecular weight excluding hydrogens is 250 g/mol. The van der Waals surface area contributed by atoms with E-state index in [0.29, 0.717) is 5.92 Å². The van der Waals surface area contributed by atoms with E-state index in [-0.39, 0.29) is 0 Å². The first-order valence-electron chi connectivity index (χ1n) is 7.42. The number of benzene rings is 1. The van der Waals surface area contributed by atoms with Crippen LogP contribution in [-0.4, -0.2) is 6.54 Å². The molecule has 2 aromatic rings. The van der Waals surface area contributed by atoms with E-state index in [1.807, 2.05) is 11.3 Å². The van der Waals surface area contributed by atoms with Gasteiger partial charge in [0.15, 0.2) is 0 Å². The smallest absolute Gasteiger partial charge is 0.0349 e. The summed E-state index contributed by atoms with van der Waals surface area (Å²) in [6.07, 6.45) is 2.33. The van der Waals surface area contributed by atoms with E-state index in [2.05, 4.69) is 51.2 Å². The van der Waals surface area contributed by atoms with Crippen molar-refractivity contribution in [2.24, 2.45) is 0 Å². The van der Waals surface area contributed by atoms with Crippen LogP contribution in [0.25, 0.3) is 10.1 Å². The van der Waals surface area contributed by atoms with Gasteiger partial charge in [0.25, 0.3) is 0 Å². The molecule has 1 nitrogen and oxygen atoms in total. The van der Waals surface area contributed by atoms with Crippen molar-refractivity contribution < 1.29 is 0 Å². The topological polar surface area (TPSA) is 12.0 Å². The van der Waals surface area contributed by atoms with Gasteiger partial charge < -0.3 is 5.32 Å². The molecule has 0 bridgehead atoms. The Hall–Kier alpha value is -0.860. The van der Waals surface area contributed by atoms with Crippen molar-refractivity contribution >= 4 is 21.4 Å². The van der Waals surface area contributed by atoms with Gasteiger partial charge >= 0.3 is 0 Å². The van der Waals surface area contributed by atoms with Gasteiger partial charge in [-0.05, 0) is 54.0 Å². The van der Waals surface area contributed by atoms with Crippen molar-refractivity contribution in [1.82, 2.24) is 5.32 Å². The molecule has 1 heterocycles. The largest absolute Gasteiger partial charge is 0.312 e. The van der Waals surface area contributed by atoms with Gasteiger partial charge in [0.1, 0.15) is 0 Å². The summed E-state index contributed by atoms with van der Waals surface area (Å²) in [6.45, 7) is 11.1. The third-order valence-corrected chi connectivity index (χ3v) is 4.84. The predicted octanol–water partition coefficient (Wildman–Crippen LogP) is 5.09. The average Bonchev–Trinajstić information content (AvgIpc) is 2.75. The number of hydrogen-bond donors (Lipinski definition) is 1. The standard InChI is InChI=1S/C17H25NS/c1-5-9-18-11-17-14(6-2)15-10-13(12(3)4)7-8-16(15)19-17/h7-8,10,12,18H,5-6,9,11H2,1-4H3. The highest BCUT2D eigenvalue weighted by molar-refractivity contribution is 7.19. The Morgan fingerprint density at radius 3 is 2.63 bits per heavy atom. The molecule has 104 valence electrons. The minimum atomic E-state index is 0.607. The summed E-state index contributed by atoms with van der Waals surface area (Å²) in [6, 6.07) is 6.99. The molecule has 0 saturated carbocycles. The molecule has 1 aromatic carbocycles. The highest BCUT2D eigenvalue weighted by atomic mass is 32.1. The molecule has 0 aliphatic carbocycles. The van der Waals surface area contributed by atoms with Crippen LogP contribution in [0.2, 0.25) is 0 Å². The number of rotatable bonds is 6. The Labute approximate surface area is 121 Å². The summed E-state index contributed by atoms with van der Waals surface area (Å²) < 4.78 is 1.44. The minimum absolute atomic E-state index is 0.607. The number of fused-ring (bicyclic) bond motifs is 1. The Kier molecular flexibility index (Phi) is 5.00. The lowest BCUT2D eigenvalue weighted by Crippen LogP contribution is -2.13. The summed E-state index contributed by atoms with van der Waals surface area (Å²) >= 11 is 1.96. The molecule has 0 atom stereocenters. The molecular formula is C17H25NS. The van der Waals surface area contributed by atoms with Gasteiger partial charge in [-0.15, -0.1) is 11.3 Å². The van der Waals surface area contributed by atoms with E-state index in [9.17, 15) is 0 Å². The number of nitrogens with one attached hydrogen (secondary N) is 1. The minimum Gasteiger partial charge on any atom is -0.312 e. The SMILES string of the molecule is CCCNCc1sc2ccc(C(C)C)cc2c1CC. The van der Waals surface area contributed by atoms with Gasteiger partial charge in [-0.2, -0.15) is 0 Å². The first-order chi connectivity index (χ1) is 9.17. The molecule has 0 spiro atoms. The quantitative estimate of drug-likeness (QED) is 0.724. The van der Waals surface area contributed by atoms with Crippen molar-refractivity contribution in [2.45, 2.75) is 53.0 Å². The zero-order chi connectivity index (χ0) is 13.8. The highest BCUT2D eigenvalue weighted by Gasteiger charge is 2.11. The maximum absolute atomic E-state index is 3.53. The third kappa shape index (κ3) is 3.18. The molecule has 0 radical (unpaired) electrons. The van der Waals surface area contributed by atoms with Crippen molar-refractivity contribution in [1.29, 1.82) is 0 Å². The number of hydrogen-bond acceptors (Lipinski definition) is 2. The summed E-state index contributed by atoms with van der Waals surface area (Å²) in [5.41, 5.74) is 3.00. The van der Waals surface area contributed by atoms with Crippen LogP contribution < -0.4 is 5.32 Å². The van der Waals surface area contributed by atoms with E-state index in [1.165, 1.54) is 26.9 Å². The van der Waals surface area contributed by atoms with E-state index in [1.54, 1.807) is 5.56 Å². The van der Waals surface area contributed by atoms with Crippen molar-refractivity contribution in [2.75, 3.05) is 6.54 Å². The summed E-state index contributed by atoms with van der Waals surface area (Å²) in [5.74, 6) is 0.607. The normalized spacial score (nSPS) is 11.6. The predicted molar refractivity (Wildman–Crippen MR) is 87.3 cm³/mol. The lowest BCUT2D eigenvalue weighted by atomic mass is 9.99. The van der Waals surface area contributed by atoms with E-state index in [4.69, 9.17) is 0 Å². The molecule has 0 unspecified atom stereocenters. The Morgan fingerprint density at radius 2 is 2.00 bits per heavy atom. The zero-order valence-corrected chi connectivity index (χ0v) is 13.4. The fraction of sp³-hybridized carbons (Fsp3) is 0.529. The van der Waals surface area contributed by atoms with Gasteiger partial charge in [-0.3, -0.25) is 0 Å². The van der Waals surface area contributed by atoms with Crippen LogP contribution in [0.4, 0.5) is 0 Å². The van der Waals surface area contributed by atoms with Crippen LogP contribution in [0.3, 0.4) is 0 Å². The number of thiophene rings is 1. The van der Waals surface area contributed by atoms with Crippen LogP contribution in [0, 0.1) is 0 Å². The molecule has 0 aliphatic rings. The monoisotopic (exact) mass is 275 g/mol. The van der Waals surface area contributed by atoms with Crippen LogP contribution >= 0.6 is 11.3 Å². The second-order valence-corrected chi connectivity index (χ2v) is 6.58. The molecule has 0 fully saturated rings. The molecule has 2 heteroatoms. The first-order valence-corrected chi connectivity index (χ1v) is 8.23. The summed E-state index contributed by atoms with van der Waals surface area (Å²) in [7, 11) is 0. The van der Waals surface area contributed by atoms with Gasteiger partial charge in [0.05, 0.1) is 0 Å². The maximum atomic E-state index is 3.53. The Bertz CT molecular complexity index is 539. The van der Waals surface area contributed by atoms with E-state index >= 15 is 0 Å². The number of aryl methyl sites for hydroxylation is 1. The van der Waals surface area contributed by atoms with Crippen LogP contribution in [0.5, 0.6) is 0 Å². The molecule has 2 rings (SSSR count). The van der Waals surface area contributed by atoms with Gasteiger partial charge in [-0.25, -0.2) is 0 Å². The Balaban J connectivity index is 2.37. The van der Waals surface area contributed by atoms with Gasteiger partial charge in [-0.1, -0.05) is 33.8 Å². The van der Waals surface area contributed by atoms with E-state index < -0.39 is 0 Å². The van der Waals surface area contributed by atoms with Crippen LogP contribution in [0.1, 0.15) is 56.0 Å². The Morgan fingerprint density at radius 1 is 1.21 bits per heavy atom. The fourth-order valence-corrected chi connectivity index (χ4v) is 3.73. The van der Waals surface area contributed by atoms with Gasteiger partial charge in [0.2, 0.25) is 0 Å². The van der Waals surface area contributed by atoms with E-state index in [0.717, 1.165) is 19.5 Å². The zero-order valence-electron chi connectivity index (χ0n) is 12.5. The summed E-state index contributed by atoms with van der Waals surface area (Å²) in [4.78, 5) is 1.52. The van der Waals surface area contributed by atoms with Crippen molar-refractivity contribution in [3.05, 3.63) is 34.2 Å². The van der Waals surface area contributed by atoms with Crippen molar-refractivity contribution in [3.8, 4) is 0 Å². The average molecular weight is 275 g/mol. The molecule has 19 heavy (non-hydrogen) atoms.